The Kier molecular flexibility index (Phi) is 8.21. The van der Waals surface area contributed by atoms with Crippen molar-refractivity contribution in [2.75, 3.05) is 19.2 Å². The molecule has 0 aromatic heterocycles. The summed E-state index contributed by atoms with van der Waals surface area (Å²) in [7, 11) is 3.91. The van der Waals surface area contributed by atoms with E-state index in [1.165, 1.54) is 12.2 Å². The van der Waals surface area contributed by atoms with Crippen LogP contribution in [-0.4, -0.2) is 42.3 Å². The lowest BCUT2D eigenvalue weighted by Crippen LogP contribution is -2.43. The zero-order valence-corrected chi connectivity index (χ0v) is 17.7. The van der Waals surface area contributed by atoms with Crippen molar-refractivity contribution in [3.8, 4) is 11.5 Å². The highest BCUT2D eigenvalue weighted by Crippen LogP contribution is 2.39. The van der Waals surface area contributed by atoms with Crippen LogP contribution in [0.1, 0.15) is 44.6 Å². The number of carbonyl (C=O) groups excluding carboxylic acids is 2. The Balaban J connectivity index is 1.49. The number of amides is 1. The molecule has 0 saturated carbocycles. The molecule has 1 amide bonds. The van der Waals surface area contributed by atoms with E-state index in [2.05, 4.69) is 5.32 Å². The maximum atomic E-state index is 12.4. The van der Waals surface area contributed by atoms with Crippen LogP contribution in [0, 0.1) is 0 Å². The maximum Gasteiger partial charge on any atom is 0.328 e. The first kappa shape index (κ1) is 21.2. The zero-order chi connectivity index (χ0) is 19.8. The van der Waals surface area contributed by atoms with Crippen LogP contribution in [0.5, 0.6) is 11.5 Å². The fourth-order valence-corrected chi connectivity index (χ4v) is 6.26. The standard InChI is InChI=1S/C20H27NO5S2/c1-2-24-20(23)16(11-14-7-8-17-18(12-14)26-13-25-17)21-19(22)6-4-3-5-15-9-10-27-28-15/h7-8,12,15-16H,2-6,9-11,13H2,1H3,(H,21,22)/t15?,16-/m0/s1. The van der Waals surface area contributed by atoms with Crippen molar-refractivity contribution in [2.24, 2.45) is 0 Å². The molecule has 2 aliphatic rings. The Labute approximate surface area is 173 Å². The number of benzene rings is 1. The molecule has 28 heavy (non-hydrogen) atoms. The fourth-order valence-electron chi connectivity index (χ4n) is 3.23. The second kappa shape index (κ2) is 10.9. The van der Waals surface area contributed by atoms with Crippen molar-refractivity contribution in [1.29, 1.82) is 0 Å². The third-order valence-electron chi connectivity index (χ3n) is 4.69. The molecule has 1 fully saturated rings. The number of hydrogen-bond donors (Lipinski definition) is 1. The summed E-state index contributed by atoms with van der Waals surface area (Å²) < 4.78 is 15.9. The summed E-state index contributed by atoms with van der Waals surface area (Å²) in [5.74, 6) is 2.07. The number of carbonyl (C=O) groups is 2. The van der Waals surface area contributed by atoms with E-state index in [0.29, 0.717) is 24.3 Å². The van der Waals surface area contributed by atoms with Gasteiger partial charge in [-0.3, -0.25) is 4.79 Å². The highest BCUT2D eigenvalue weighted by molar-refractivity contribution is 8.77. The van der Waals surface area contributed by atoms with Crippen molar-refractivity contribution < 1.29 is 23.8 Å². The molecule has 6 nitrogen and oxygen atoms in total. The van der Waals surface area contributed by atoms with E-state index < -0.39 is 12.0 Å². The van der Waals surface area contributed by atoms with E-state index in [-0.39, 0.29) is 19.3 Å². The van der Waals surface area contributed by atoms with Crippen LogP contribution in [0.4, 0.5) is 0 Å². The fraction of sp³-hybridized carbons (Fsp3) is 0.600. The third kappa shape index (κ3) is 6.24. The summed E-state index contributed by atoms with van der Waals surface area (Å²) in [5, 5.41) is 3.58. The van der Waals surface area contributed by atoms with Gasteiger partial charge in [-0.15, -0.1) is 0 Å². The summed E-state index contributed by atoms with van der Waals surface area (Å²) in [6.07, 6.45) is 5.09. The van der Waals surface area contributed by atoms with Gasteiger partial charge in [0.25, 0.3) is 0 Å². The highest BCUT2D eigenvalue weighted by Gasteiger charge is 2.24. The van der Waals surface area contributed by atoms with Gasteiger partial charge in [0, 0.05) is 23.8 Å². The predicted molar refractivity (Wildman–Crippen MR) is 112 cm³/mol. The molecule has 1 saturated heterocycles. The number of ether oxygens (including phenoxy) is 3. The SMILES string of the molecule is CCOC(=O)[C@H](Cc1ccc2c(c1)OCO2)NC(=O)CCCCC1CCSS1. The van der Waals surface area contributed by atoms with Crippen LogP contribution in [0.25, 0.3) is 0 Å². The molecule has 1 N–H and O–H groups in total. The molecule has 1 unspecified atom stereocenters. The van der Waals surface area contributed by atoms with Gasteiger partial charge in [0.05, 0.1) is 6.61 Å². The molecular formula is C20H27NO5S2. The van der Waals surface area contributed by atoms with Gasteiger partial charge in [0.2, 0.25) is 12.7 Å². The highest BCUT2D eigenvalue weighted by atomic mass is 33.1. The van der Waals surface area contributed by atoms with E-state index in [1.807, 2.05) is 39.8 Å². The number of nitrogens with one attached hydrogen (secondary N) is 1. The molecule has 8 heteroatoms. The van der Waals surface area contributed by atoms with Crippen LogP contribution in [0.15, 0.2) is 18.2 Å². The molecule has 0 radical (unpaired) electrons. The molecular weight excluding hydrogens is 398 g/mol. The van der Waals surface area contributed by atoms with Crippen molar-refractivity contribution in [3.63, 3.8) is 0 Å². The lowest BCUT2D eigenvalue weighted by Gasteiger charge is -2.18. The van der Waals surface area contributed by atoms with E-state index in [0.717, 1.165) is 30.1 Å². The third-order valence-corrected chi connectivity index (χ3v) is 7.70. The van der Waals surface area contributed by atoms with Gasteiger partial charge in [-0.2, -0.15) is 0 Å². The average Bonchev–Trinajstić information content (AvgIpc) is 3.36. The second-order valence-corrected chi connectivity index (χ2v) is 9.63. The number of unbranched alkanes of at least 4 members (excludes halogenated alkanes) is 1. The minimum Gasteiger partial charge on any atom is -0.464 e. The molecule has 2 aliphatic heterocycles. The molecule has 2 heterocycles. The summed E-state index contributed by atoms with van der Waals surface area (Å²) >= 11 is 0. The molecule has 1 aromatic rings. The average molecular weight is 426 g/mol. The van der Waals surface area contributed by atoms with Gasteiger partial charge < -0.3 is 19.5 Å². The van der Waals surface area contributed by atoms with Crippen molar-refractivity contribution >= 4 is 33.5 Å². The van der Waals surface area contributed by atoms with Crippen LogP contribution >= 0.6 is 21.6 Å². The van der Waals surface area contributed by atoms with Crippen molar-refractivity contribution in [3.05, 3.63) is 23.8 Å². The Hall–Kier alpha value is -1.54. The van der Waals surface area contributed by atoms with Gasteiger partial charge in [0.15, 0.2) is 11.5 Å². The topological polar surface area (TPSA) is 73.9 Å². The Morgan fingerprint density at radius 1 is 1.29 bits per heavy atom. The van der Waals surface area contributed by atoms with Crippen molar-refractivity contribution in [1.82, 2.24) is 5.32 Å². The first-order valence-corrected chi connectivity index (χ1v) is 12.2. The predicted octanol–water partition coefficient (Wildman–Crippen LogP) is 3.72. The zero-order valence-electron chi connectivity index (χ0n) is 16.1. The summed E-state index contributed by atoms with van der Waals surface area (Å²) in [6, 6.07) is 4.84. The Bertz CT molecular complexity index is 679. The van der Waals surface area contributed by atoms with Gasteiger partial charge in [-0.25, -0.2) is 4.79 Å². The van der Waals surface area contributed by atoms with Gasteiger partial charge in [-0.1, -0.05) is 34.1 Å². The molecule has 154 valence electrons. The minimum absolute atomic E-state index is 0.104. The smallest absolute Gasteiger partial charge is 0.328 e. The summed E-state index contributed by atoms with van der Waals surface area (Å²) in [5.41, 5.74) is 0.887. The van der Waals surface area contributed by atoms with Gasteiger partial charge >= 0.3 is 5.97 Å². The minimum atomic E-state index is -0.699. The van der Waals surface area contributed by atoms with Crippen molar-refractivity contribution in [2.45, 2.75) is 56.7 Å². The molecule has 0 spiro atoms. The quantitative estimate of drug-likeness (QED) is 0.348. The van der Waals surface area contributed by atoms with Crippen LogP contribution in [0.3, 0.4) is 0 Å². The number of rotatable bonds is 10. The lowest BCUT2D eigenvalue weighted by atomic mass is 10.0. The molecule has 1 aromatic carbocycles. The van der Waals surface area contributed by atoms with E-state index in [1.54, 1.807) is 6.92 Å². The second-order valence-electron chi connectivity index (χ2n) is 6.84. The molecule has 0 bridgehead atoms. The van der Waals surface area contributed by atoms with Gasteiger partial charge in [0.1, 0.15) is 6.04 Å². The van der Waals surface area contributed by atoms with E-state index >= 15 is 0 Å². The van der Waals surface area contributed by atoms with Crippen LogP contribution in [0.2, 0.25) is 0 Å². The van der Waals surface area contributed by atoms with Crippen LogP contribution in [-0.2, 0) is 20.7 Å². The Morgan fingerprint density at radius 2 is 2.14 bits per heavy atom. The van der Waals surface area contributed by atoms with E-state index in [9.17, 15) is 9.59 Å². The monoisotopic (exact) mass is 425 g/mol. The number of fused-ring (bicyclic) bond motifs is 1. The summed E-state index contributed by atoms with van der Waals surface area (Å²) in [6.45, 7) is 2.25. The first-order chi connectivity index (χ1) is 13.7. The number of esters is 1. The first-order valence-electron chi connectivity index (χ1n) is 9.78. The maximum absolute atomic E-state index is 12.4. The molecule has 0 aliphatic carbocycles. The largest absolute Gasteiger partial charge is 0.464 e. The Morgan fingerprint density at radius 3 is 2.93 bits per heavy atom. The molecule has 2 atom stereocenters. The lowest BCUT2D eigenvalue weighted by molar-refractivity contribution is -0.147. The molecule has 3 rings (SSSR count). The van der Waals surface area contributed by atoms with E-state index in [4.69, 9.17) is 14.2 Å². The summed E-state index contributed by atoms with van der Waals surface area (Å²) in [4.78, 5) is 24.7. The normalized spacial score (nSPS) is 18.7. The number of hydrogen-bond acceptors (Lipinski definition) is 7. The van der Waals surface area contributed by atoms with Crippen LogP contribution < -0.4 is 14.8 Å². The van der Waals surface area contributed by atoms with Gasteiger partial charge in [-0.05, 0) is 43.9 Å².